The van der Waals surface area contributed by atoms with Gasteiger partial charge in [0.2, 0.25) is 0 Å². The summed E-state index contributed by atoms with van der Waals surface area (Å²) in [5.74, 6) is 1.94. The topological polar surface area (TPSA) is 72.8 Å². The van der Waals surface area contributed by atoms with Crippen LogP contribution in [0.5, 0.6) is 5.75 Å². The van der Waals surface area contributed by atoms with E-state index in [1.807, 2.05) is 42.7 Å². The molecule has 2 aromatic carbocycles. The van der Waals surface area contributed by atoms with Gasteiger partial charge in [0.1, 0.15) is 11.6 Å². The standard InChI is InChI=1S/C25H28N4O2/c1-2-12-31-23-11-7-6-10-18(23)24-27-20-14-21-22(13-19(20)25(30)28-24)29(16-26-21)15-17-8-4-3-5-9-17/h6-7,10-11,13-14,16-17H,2-5,8-9,12,15H2,1H3,(H,27,28,30). The van der Waals surface area contributed by atoms with Gasteiger partial charge in [-0.25, -0.2) is 9.97 Å². The third kappa shape index (κ3) is 3.94. The largest absolute Gasteiger partial charge is 0.493 e. The Kier molecular flexibility index (Phi) is 5.45. The van der Waals surface area contributed by atoms with Crippen molar-refractivity contribution in [3.05, 3.63) is 53.1 Å². The predicted octanol–water partition coefficient (Wildman–Crippen LogP) is 5.31. The highest BCUT2D eigenvalue weighted by atomic mass is 16.5. The lowest BCUT2D eigenvalue weighted by Crippen LogP contribution is -2.14. The molecule has 6 nitrogen and oxygen atoms in total. The zero-order valence-electron chi connectivity index (χ0n) is 17.9. The van der Waals surface area contributed by atoms with E-state index in [4.69, 9.17) is 9.72 Å². The first-order valence-electron chi connectivity index (χ1n) is 11.3. The summed E-state index contributed by atoms with van der Waals surface area (Å²) in [6, 6.07) is 11.5. The van der Waals surface area contributed by atoms with Gasteiger partial charge in [-0.3, -0.25) is 4.79 Å². The van der Waals surface area contributed by atoms with Crippen molar-refractivity contribution >= 4 is 21.9 Å². The van der Waals surface area contributed by atoms with Gasteiger partial charge in [-0.05, 0) is 49.4 Å². The number of aromatic nitrogens is 4. The fraction of sp³-hybridized carbons (Fsp3) is 0.400. The van der Waals surface area contributed by atoms with Crippen molar-refractivity contribution in [3.8, 4) is 17.1 Å². The lowest BCUT2D eigenvalue weighted by Gasteiger charge is -2.22. The maximum absolute atomic E-state index is 13.0. The van der Waals surface area contributed by atoms with Crippen LogP contribution in [0.25, 0.3) is 33.3 Å². The lowest BCUT2D eigenvalue weighted by atomic mass is 9.89. The molecule has 160 valence electrons. The van der Waals surface area contributed by atoms with E-state index in [0.29, 0.717) is 29.3 Å². The van der Waals surface area contributed by atoms with Gasteiger partial charge in [-0.2, -0.15) is 0 Å². The maximum atomic E-state index is 13.0. The number of imidazole rings is 1. The molecule has 4 aromatic rings. The highest BCUT2D eigenvalue weighted by molar-refractivity contribution is 5.93. The number of H-pyrrole nitrogens is 1. The van der Waals surface area contributed by atoms with Crippen molar-refractivity contribution in [2.45, 2.75) is 52.0 Å². The van der Waals surface area contributed by atoms with Crippen LogP contribution in [0, 0.1) is 5.92 Å². The summed E-state index contributed by atoms with van der Waals surface area (Å²) in [4.78, 5) is 25.3. The molecule has 2 heterocycles. The van der Waals surface area contributed by atoms with E-state index in [1.54, 1.807) is 0 Å². The Morgan fingerprint density at radius 3 is 2.81 bits per heavy atom. The van der Waals surface area contributed by atoms with Crippen molar-refractivity contribution in [1.29, 1.82) is 0 Å². The maximum Gasteiger partial charge on any atom is 0.259 e. The Morgan fingerprint density at radius 1 is 1.13 bits per heavy atom. The number of hydrogen-bond acceptors (Lipinski definition) is 4. The zero-order valence-corrected chi connectivity index (χ0v) is 17.9. The van der Waals surface area contributed by atoms with Gasteiger partial charge in [0.15, 0.2) is 0 Å². The van der Waals surface area contributed by atoms with Crippen LogP contribution in [0.4, 0.5) is 0 Å². The molecule has 5 rings (SSSR count). The number of ether oxygens (including phenoxy) is 1. The van der Waals surface area contributed by atoms with Gasteiger partial charge >= 0.3 is 0 Å². The lowest BCUT2D eigenvalue weighted by molar-refractivity contribution is 0.318. The van der Waals surface area contributed by atoms with E-state index in [-0.39, 0.29) is 5.56 Å². The molecule has 2 aromatic heterocycles. The van der Waals surface area contributed by atoms with Crippen molar-refractivity contribution in [2.75, 3.05) is 6.61 Å². The Labute approximate surface area is 181 Å². The minimum absolute atomic E-state index is 0.141. The molecule has 6 heteroatoms. The van der Waals surface area contributed by atoms with Crippen LogP contribution >= 0.6 is 0 Å². The number of rotatable bonds is 6. The number of benzene rings is 2. The van der Waals surface area contributed by atoms with E-state index in [2.05, 4.69) is 21.5 Å². The van der Waals surface area contributed by atoms with Crippen molar-refractivity contribution in [1.82, 2.24) is 19.5 Å². The molecule has 1 aliphatic rings. The van der Waals surface area contributed by atoms with Crippen molar-refractivity contribution in [3.63, 3.8) is 0 Å². The summed E-state index contributed by atoms with van der Waals surface area (Å²) in [5.41, 5.74) is 3.18. The van der Waals surface area contributed by atoms with Crippen LogP contribution in [0.3, 0.4) is 0 Å². The molecular weight excluding hydrogens is 388 g/mol. The molecule has 0 saturated heterocycles. The number of aromatic amines is 1. The summed E-state index contributed by atoms with van der Waals surface area (Å²) in [5, 5.41) is 0.591. The first-order chi connectivity index (χ1) is 15.2. The number of nitrogens with one attached hydrogen (secondary N) is 1. The summed E-state index contributed by atoms with van der Waals surface area (Å²) in [6.45, 7) is 3.65. The molecule has 0 amide bonds. The molecule has 1 aliphatic carbocycles. The molecule has 31 heavy (non-hydrogen) atoms. The van der Waals surface area contributed by atoms with Crippen LogP contribution in [-0.2, 0) is 6.54 Å². The molecule has 0 radical (unpaired) electrons. The fourth-order valence-corrected chi connectivity index (χ4v) is 4.61. The quantitative estimate of drug-likeness (QED) is 0.462. The molecule has 1 fully saturated rings. The van der Waals surface area contributed by atoms with Crippen molar-refractivity contribution in [2.24, 2.45) is 5.92 Å². The second-order valence-corrected chi connectivity index (χ2v) is 8.52. The Bertz CT molecular complexity index is 1270. The smallest absolute Gasteiger partial charge is 0.259 e. The monoisotopic (exact) mass is 416 g/mol. The number of nitrogens with zero attached hydrogens (tertiary/aromatic N) is 3. The number of hydrogen-bond donors (Lipinski definition) is 1. The van der Waals surface area contributed by atoms with Crippen LogP contribution in [-0.4, -0.2) is 26.1 Å². The van der Waals surface area contributed by atoms with Gasteiger partial charge in [-0.15, -0.1) is 0 Å². The molecule has 0 spiro atoms. The van der Waals surface area contributed by atoms with Crippen LogP contribution in [0.2, 0.25) is 0 Å². The SMILES string of the molecule is CCCOc1ccccc1-c1nc2cc3ncn(CC4CCCCC4)c3cc2c(=O)[nH]1. The molecule has 0 bridgehead atoms. The average Bonchev–Trinajstić information content (AvgIpc) is 3.19. The number of para-hydroxylation sites is 1. The minimum Gasteiger partial charge on any atom is -0.493 e. The predicted molar refractivity (Wildman–Crippen MR) is 123 cm³/mol. The summed E-state index contributed by atoms with van der Waals surface area (Å²) in [7, 11) is 0. The highest BCUT2D eigenvalue weighted by Crippen LogP contribution is 2.29. The molecule has 0 aliphatic heterocycles. The Morgan fingerprint density at radius 2 is 1.97 bits per heavy atom. The van der Waals surface area contributed by atoms with E-state index in [9.17, 15) is 4.79 Å². The summed E-state index contributed by atoms with van der Waals surface area (Å²) in [6.07, 6.45) is 9.35. The first-order valence-corrected chi connectivity index (χ1v) is 11.3. The summed E-state index contributed by atoms with van der Waals surface area (Å²) >= 11 is 0. The van der Waals surface area contributed by atoms with Gasteiger partial charge in [-0.1, -0.05) is 38.3 Å². The molecule has 1 N–H and O–H groups in total. The second-order valence-electron chi connectivity index (χ2n) is 8.52. The molecular formula is C25H28N4O2. The van der Waals surface area contributed by atoms with E-state index in [0.717, 1.165) is 35.3 Å². The molecule has 0 unspecified atom stereocenters. The normalized spacial score (nSPS) is 15.0. The second kappa shape index (κ2) is 8.53. The van der Waals surface area contributed by atoms with E-state index < -0.39 is 0 Å². The van der Waals surface area contributed by atoms with E-state index in [1.165, 1.54) is 32.1 Å². The van der Waals surface area contributed by atoms with Crippen LogP contribution in [0.1, 0.15) is 45.4 Å². The van der Waals surface area contributed by atoms with E-state index >= 15 is 0 Å². The molecule has 0 atom stereocenters. The Balaban J connectivity index is 1.55. The highest BCUT2D eigenvalue weighted by Gasteiger charge is 2.17. The van der Waals surface area contributed by atoms with Gasteiger partial charge in [0, 0.05) is 6.54 Å². The summed E-state index contributed by atoms with van der Waals surface area (Å²) < 4.78 is 8.06. The van der Waals surface area contributed by atoms with Gasteiger partial charge < -0.3 is 14.3 Å². The third-order valence-electron chi connectivity index (χ3n) is 6.23. The third-order valence-corrected chi connectivity index (χ3v) is 6.23. The van der Waals surface area contributed by atoms with Gasteiger partial charge in [0.25, 0.3) is 5.56 Å². The van der Waals surface area contributed by atoms with Crippen LogP contribution < -0.4 is 10.3 Å². The zero-order chi connectivity index (χ0) is 21.2. The fourth-order valence-electron chi connectivity index (χ4n) is 4.61. The van der Waals surface area contributed by atoms with Crippen LogP contribution in [0.15, 0.2) is 47.5 Å². The average molecular weight is 417 g/mol. The molecule has 1 saturated carbocycles. The first kappa shape index (κ1) is 19.8. The minimum atomic E-state index is -0.141. The van der Waals surface area contributed by atoms with Crippen molar-refractivity contribution < 1.29 is 4.74 Å². The van der Waals surface area contributed by atoms with Gasteiger partial charge in [0.05, 0.1) is 40.4 Å². The Hall–Kier alpha value is -3.15. The number of fused-ring (bicyclic) bond motifs is 2.